The zero-order valence-corrected chi connectivity index (χ0v) is 18.2. The molecule has 2 rings (SSSR count). The predicted octanol–water partition coefficient (Wildman–Crippen LogP) is 3.07. The highest BCUT2D eigenvalue weighted by Crippen LogP contribution is 2.37. The number of nitrogens with zero attached hydrogens (tertiary/aromatic N) is 1. The van der Waals surface area contributed by atoms with Crippen LogP contribution in [0.15, 0.2) is 12.1 Å². The van der Waals surface area contributed by atoms with Gasteiger partial charge in [-0.3, -0.25) is 4.79 Å². The van der Waals surface area contributed by atoms with Crippen LogP contribution in [0, 0.1) is 0 Å². The first-order valence-corrected chi connectivity index (χ1v) is 11.9. The first-order valence-electron chi connectivity index (χ1n) is 9.61. The van der Waals surface area contributed by atoms with Crippen LogP contribution in [0.2, 0.25) is 5.02 Å². The summed E-state index contributed by atoms with van der Waals surface area (Å²) in [5, 5.41) is 0.325. The minimum absolute atomic E-state index is 0.190. The number of rotatable bonds is 9. The van der Waals surface area contributed by atoms with Gasteiger partial charge in [0.25, 0.3) is 5.91 Å². The van der Waals surface area contributed by atoms with Gasteiger partial charge in [-0.15, -0.1) is 0 Å². The summed E-state index contributed by atoms with van der Waals surface area (Å²) in [5.74, 6) is 0.690. The van der Waals surface area contributed by atoms with E-state index in [9.17, 15) is 13.2 Å². The summed E-state index contributed by atoms with van der Waals surface area (Å²) < 4.78 is 36.7. The van der Waals surface area contributed by atoms with Crippen molar-refractivity contribution in [3.8, 4) is 11.5 Å². The Kier molecular flexibility index (Phi) is 8.39. The summed E-state index contributed by atoms with van der Waals surface area (Å²) in [6.45, 7) is 5.54. The molecule has 1 saturated heterocycles. The third-order valence-corrected chi connectivity index (χ3v) is 5.45. The Hall–Kier alpha value is -1.51. The molecule has 0 aromatic heterocycles. The number of halogens is 1. The molecule has 1 N–H and O–H groups in total. The van der Waals surface area contributed by atoms with Crippen LogP contribution < -0.4 is 14.2 Å². The normalized spacial score (nSPS) is 17.4. The molecule has 0 bridgehead atoms. The maximum atomic E-state index is 13.2. The van der Waals surface area contributed by atoms with Crippen molar-refractivity contribution in [3.63, 3.8) is 0 Å². The fourth-order valence-corrected chi connectivity index (χ4v) is 3.95. The highest BCUT2D eigenvalue weighted by molar-refractivity contribution is 7.88. The van der Waals surface area contributed by atoms with Crippen molar-refractivity contribution < 1.29 is 22.7 Å². The van der Waals surface area contributed by atoms with E-state index in [4.69, 9.17) is 21.1 Å². The van der Waals surface area contributed by atoms with Gasteiger partial charge in [0.15, 0.2) is 11.5 Å². The van der Waals surface area contributed by atoms with E-state index in [0.717, 1.165) is 31.9 Å². The third kappa shape index (κ3) is 6.25. The molecule has 1 atom stereocenters. The molecule has 1 aromatic carbocycles. The van der Waals surface area contributed by atoms with E-state index in [1.807, 2.05) is 13.8 Å². The molecule has 7 nitrogen and oxygen atoms in total. The number of hydrogen-bond acceptors (Lipinski definition) is 5. The van der Waals surface area contributed by atoms with Gasteiger partial charge >= 0.3 is 0 Å². The number of ether oxygens (including phenoxy) is 2. The van der Waals surface area contributed by atoms with Crippen LogP contribution in [0.1, 0.15) is 49.9 Å². The third-order valence-electron chi connectivity index (χ3n) is 4.48. The Bertz CT molecular complexity index is 785. The lowest BCUT2D eigenvalue weighted by Gasteiger charge is -2.36. The number of amides is 1. The lowest BCUT2D eigenvalue weighted by Crippen LogP contribution is -2.49. The molecule has 1 fully saturated rings. The quantitative estimate of drug-likeness (QED) is 0.648. The van der Waals surface area contributed by atoms with E-state index in [1.165, 1.54) is 0 Å². The number of carbonyl (C=O) groups is 1. The van der Waals surface area contributed by atoms with Gasteiger partial charge in [-0.25, -0.2) is 13.1 Å². The maximum Gasteiger partial charge on any atom is 0.254 e. The summed E-state index contributed by atoms with van der Waals surface area (Å²) >= 11 is 6.38. The molecular weight excluding hydrogens is 404 g/mol. The van der Waals surface area contributed by atoms with Gasteiger partial charge in [-0.1, -0.05) is 18.5 Å². The van der Waals surface area contributed by atoms with Gasteiger partial charge < -0.3 is 14.4 Å². The van der Waals surface area contributed by atoms with E-state index in [-0.39, 0.29) is 18.5 Å². The molecule has 1 heterocycles. The first kappa shape index (κ1) is 22.8. The van der Waals surface area contributed by atoms with Gasteiger partial charge in [0, 0.05) is 24.7 Å². The van der Waals surface area contributed by atoms with Crippen LogP contribution in [-0.2, 0) is 10.0 Å². The summed E-state index contributed by atoms with van der Waals surface area (Å²) in [6.07, 6.45) is 4.52. The van der Waals surface area contributed by atoms with E-state index < -0.39 is 10.0 Å². The van der Waals surface area contributed by atoms with Crippen molar-refractivity contribution in [1.29, 1.82) is 0 Å². The van der Waals surface area contributed by atoms with Crippen molar-refractivity contribution >= 4 is 27.5 Å². The zero-order chi connectivity index (χ0) is 20.7. The minimum atomic E-state index is -3.32. The molecule has 1 amide bonds. The number of benzene rings is 1. The molecule has 1 aliphatic heterocycles. The van der Waals surface area contributed by atoms with E-state index in [2.05, 4.69) is 4.72 Å². The second-order valence-corrected chi connectivity index (χ2v) is 9.08. The minimum Gasteiger partial charge on any atom is -0.490 e. The summed E-state index contributed by atoms with van der Waals surface area (Å²) in [5.41, 5.74) is 0.406. The monoisotopic (exact) mass is 432 g/mol. The fraction of sp³-hybridized carbons (Fsp3) is 0.632. The molecule has 0 aliphatic carbocycles. The number of piperidine rings is 1. The van der Waals surface area contributed by atoms with Crippen molar-refractivity contribution in [3.05, 3.63) is 22.7 Å². The van der Waals surface area contributed by atoms with Gasteiger partial charge in [0.2, 0.25) is 10.0 Å². The highest BCUT2D eigenvalue weighted by atomic mass is 35.5. The second kappa shape index (κ2) is 10.3. The van der Waals surface area contributed by atoms with Crippen LogP contribution >= 0.6 is 11.6 Å². The Morgan fingerprint density at radius 1 is 1.29 bits per heavy atom. The van der Waals surface area contributed by atoms with Crippen LogP contribution in [0.3, 0.4) is 0 Å². The van der Waals surface area contributed by atoms with E-state index >= 15 is 0 Å². The van der Waals surface area contributed by atoms with Crippen LogP contribution in [0.5, 0.6) is 11.5 Å². The molecule has 1 aromatic rings. The van der Waals surface area contributed by atoms with E-state index in [1.54, 1.807) is 17.0 Å². The van der Waals surface area contributed by atoms with E-state index in [0.29, 0.717) is 41.8 Å². The zero-order valence-electron chi connectivity index (χ0n) is 16.7. The molecule has 0 radical (unpaired) electrons. The fourth-order valence-electron chi connectivity index (χ4n) is 3.19. The SMILES string of the molecule is CCCOc1c(Cl)cc(C(=O)N2CCCCC2CNS(C)(=O)=O)cc1OCC. The van der Waals surface area contributed by atoms with Crippen molar-refractivity contribution in [2.75, 3.05) is 32.6 Å². The number of sulfonamides is 1. The van der Waals surface area contributed by atoms with Crippen LogP contribution in [0.25, 0.3) is 0 Å². The standard InChI is InChI=1S/C19H29ClN2O5S/c1-4-10-27-18-16(20)11-14(12-17(18)26-5-2)19(23)22-9-7-6-8-15(22)13-21-28(3,24)25/h11-12,15,21H,4-10,13H2,1-3H3. The topological polar surface area (TPSA) is 84.9 Å². The molecule has 0 saturated carbocycles. The molecule has 158 valence electrons. The van der Waals surface area contributed by atoms with Gasteiger partial charge in [-0.2, -0.15) is 0 Å². The molecule has 28 heavy (non-hydrogen) atoms. The smallest absolute Gasteiger partial charge is 0.254 e. The molecule has 0 spiro atoms. The van der Waals surface area contributed by atoms with Crippen LogP contribution in [-0.4, -0.2) is 57.8 Å². The first-order chi connectivity index (χ1) is 13.3. The second-order valence-electron chi connectivity index (χ2n) is 6.84. The number of likely N-dealkylation sites (tertiary alicyclic amines) is 1. The average molecular weight is 433 g/mol. The molecular formula is C19H29ClN2O5S. The van der Waals surface area contributed by atoms with Gasteiger partial charge in [0.1, 0.15) is 0 Å². The Morgan fingerprint density at radius 2 is 2.04 bits per heavy atom. The van der Waals surface area contributed by atoms with Crippen molar-refractivity contribution in [1.82, 2.24) is 9.62 Å². The molecule has 1 aliphatic rings. The lowest BCUT2D eigenvalue weighted by atomic mass is 10.0. The van der Waals surface area contributed by atoms with Gasteiger partial charge in [-0.05, 0) is 44.7 Å². The number of carbonyl (C=O) groups excluding carboxylic acids is 1. The van der Waals surface area contributed by atoms with Gasteiger partial charge in [0.05, 0.1) is 24.5 Å². The highest BCUT2D eigenvalue weighted by Gasteiger charge is 2.29. The average Bonchev–Trinajstić information content (AvgIpc) is 2.65. The summed E-state index contributed by atoms with van der Waals surface area (Å²) in [6, 6.07) is 3.05. The van der Waals surface area contributed by atoms with Crippen molar-refractivity contribution in [2.45, 2.75) is 45.6 Å². The Balaban J connectivity index is 2.27. The summed E-state index contributed by atoms with van der Waals surface area (Å²) in [7, 11) is -3.32. The summed E-state index contributed by atoms with van der Waals surface area (Å²) in [4.78, 5) is 14.9. The molecule has 9 heteroatoms. The van der Waals surface area contributed by atoms with Crippen molar-refractivity contribution in [2.24, 2.45) is 0 Å². The number of nitrogens with one attached hydrogen (secondary N) is 1. The number of hydrogen-bond donors (Lipinski definition) is 1. The lowest BCUT2D eigenvalue weighted by molar-refractivity contribution is 0.0618. The Labute approximate surface area is 172 Å². The maximum absolute atomic E-state index is 13.2. The predicted molar refractivity (Wildman–Crippen MR) is 110 cm³/mol. The Morgan fingerprint density at radius 3 is 2.68 bits per heavy atom. The van der Waals surface area contributed by atoms with Crippen LogP contribution in [0.4, 0.5) is 0 Å². The largest absolute Gasteiger partial charge is 0.490 e. The molecule has 1 unspecified atom stereocenters.